The van der Waals surface area contributed by atoms with Crippen molar-refractivity contribution < 1.29 is 9.53 Å². The first-order valence-electron chi connectivity index (χ1n) is 3.59. The molecule has 0 saturated carbocycles. The highest BCUT2D eigenvalue weighted by molar-refractivity contribution is 5.90. The van der Waals surface area contributed by atoms with Gasteiger partial charge in [0.15, 0.2) is 0 Å². The van der Waals surface area contributed by atoms with Gasteiger partial charge in [-0.2, -0.15) is 0 Å². The van der Waals surface area contributed by atoms with Crippen molar-refractivity contribution >= 4 is 11.7 Å². The fourth-order valence-electron chi connectivity index (χ4n) is 1.05. The molecule has 12 heavy (non-hydrogen) atoms. The summed E-state index contributed by atoms with van der Waals surface area (Å²) in [7, 11) is 1.35. The number of aryl methyl sites for hydroxylation is 1. The van der Waals surface area contributed by atoms with Crippen molar-refractivity contribution in [3.05, 3.63) is 29.3 Å². The minimum Gasteiger partial charge on any atom is -0.465 e. The third kappa shape index (κ3) is 1.75. The van der Waals surface area contributed by atoms with E-state index in [4.69, 9.17) is 5.73 Å². The van der Waals surface area contributed by atoms with Crippen molar-refractivity contribution in [3.8, 4) is 0 Å². The molecule has 0 saturated heterocycles. The first kappa shape index (κ1) is 8.59. The predicted molar refractivity (Wildman–Crippen MR) is 46.9 cm³/mol. The van der Waals surface area contributed by atoms with Crippen LogP contribution in [0.3, 0.4) is 0 Å². The highest BCUT2D eigenvalue weighted by Gasteiger charge is 2.05. The summed E-state index contributed by atoms with van der Waals surface area (Å²) < 4.78 is 4.55. The lowest BCUT2D eigenvalue weighted by molar-refractivity contribution is 0.0600. The molecule has 0 aliphatic rings. The van der Waals surface area contributed by atoms with E-state index in [1.807, 2.05) is 6.92 Å². The van der Waals surface area contributed by atoms with E-state index in [2.05, 4.69) is 4.74 Å². The molecule has 3 heteroatoms. The average Bonchev–Trinajstić information content (AvgIpc) is 2.01. The van der Waals surface area contributed by atoms with Gasteiger partial charge in [-0.15, -0.1) is 0 Å². The van der Waals surface area contributed by atoms with E-state index in [1.54, 1.807) is 18.2 Å². The topological polar surface area (TPSA) is 52.3 Å². The Bertz CT molecular complexity index is 287. The van der Waals surface area contributed by atoms with Gasteiger partial charge in [-0.05, 0) is 30.7 Å². The Morgan fingerprint density at radius 1 is 1.42 bits per heavy atom. The molecule has 0 atom stereocenters. The minimum atomic E-state index is -0.356. The minimum absolute atomic E-state index is 0.356. The molecule has 0 amide bonds. The molecule has 0 unspecified atom stereocenters. The van der Waals surface area contributed by atoms with Gasteiger partial charge in [0.25, 0.3) is 0 Å². The van der Waals surface area contributed by atoms with E-state index >= 15 is 0 Å². The van der Waals surface area contributed by atoms with Crippen molar-refractivity contribution in [2.24, 2.45) is 0 Å². The van der Waals surface area contributed by atoms with E-state index in [-0.39, 0.29) is 5.97 Å². The molecule has 0 aromatic heterocycles. The van der Waals surface area contributed by atoms with Crippen LogP contribution in [0.5, 0.6) is 0 Å². The highest BCUT2D eigenvalue weighted by atomic mass is 16.5. The number of nitrogens with two attached hydrogens (primary N) is 1. The lowest BCUT2D eigenvalue weighted by atomic mass is 10.1. The Labute approximate surface area is 71.1 Å². The molecule has 64 valence electrons. The van der Waals surface area contributed by atoms with Gasteiger partial charge in [0, 0.05) is 5.69 Å². The fourth-order valence-corrected chi connectivity index (χ4v) is 1.05. The van der Waals surface area contributed by atoms with E-state index in [9.17, 15) is 4.79 Å². The maximum atomic E-state index is 11.0. The zero-order valence-corrected chi connectivity index (χ0v) is 7.13. The summed E-state index contributed by atoms with van der Waals surface area (Å²) in [5.41, 5.74) is 7.57. The van der Waals surface area contributed by atoms with Crippen LogP contribution < -0.4 is 5.73 Å². The first-order chi connectivity index (χ1) is 5.63. The van der Waals surface area contributed by atoms with Crippen molar-refractivity contribution in [1.82, 2.24) is 0 Å². The van der Waals surface area contributed by atoms with E-state index in [0.717, 1.165) is 5.56 Å². The number of carbonyl (C=O) groups excluding carboxylic acids is 1. The van der Waals surface area contributed by atoms with Crippen molar-refractivity contribution in [3.63, 3.8) is 0 Å². The van der Waals surface area contributed by atoms with Crippen LogP contribution >= 0.6 is 0 Å². The zero-order valence-electron chi connectivity index (χ0n) is 7.13. The second kappa shape index (κ2) is 3.26. The van der Waals surface area contributed by atoms with Crippen molar-refractivity contribution in [1.29, 1.82) is 0 Å². The maximum Gasteiger partial charge on any atom is 0.337 e. The molecule has 0 aliphatic heterocycles. The molecular weight excluding hydrogens is 154 g/mol. The lowest BCUT2D eigenvalue weighted by Gasteiger charge is -2.01. The molecule has 1 aromatic carbocycles. The number of methoxy groups -OCH3 is 1. The Hall–Kier alpha value is -1.51. The smallest absolute Gasteiger partial charge is 0.337 e. The monoisotopic (exact) mass is 165 g/mol. The summed E-state index contributed by atoms with van der Waals surface area (Å²) in [5.74, 6) is -0.356. The van der Waals surface area contributed by atoms with E-state index in [1.165, 1.54) is 7.11 Å². The second-order valence-electron chi connectivity index (χ2n) is 2.62. The Kier molecular flexibility index (Phi) is 2.33. The fraction of sp³-hybridized carbons (Fsp3) is 0.222. The van der Waals surface area contributed by atoms with Gasteiger partial charge in [0.2, 0.25) is 0 Å². The summed E-state index contributed by atoms with van der Waals surface area (Å²) in [6, 6.07) is 5.13. The summed E-state index contributed by atoms with van der Waals surface area (Å²) >= 11 is 0. The molecule has 3 nitrogen and oxygen atoms in total. The van der Waals surface area contributed by atoms with Crippen LogP contribution in [0.25, 0.3) is 0 Å². The van der Waals surface area contributed by atoms with E-state index < -0.39 is 0 Å². The SMILES string of the molecule is COC(=O)c1cc(C)cc(N)c1. The number of esters is 1. The third-order valence-corrected chi connectivity index (χ3v) is 1.52. The molecule has 0 bridgehead atoms. The van der Waals surface area contributed by atoms with Crippen LogP contribution in [0.15, 0.2) is 18.2 Å². The molecule has 0 heterocycles. The molecular formula is C9H11NO2. The molecule has 1 rings (SSSR count). The summed E-state index contributed by atoms with van der Waals surface area (Å²) in [6.07, 6.45) is 0. The quantitative estimate of drug-likeness (QED) is 0.505. The molecule has 0 aliphatic carbocycles. The van der Waals surface area contributed by atoms with Crippen LogP contribution in [0.4, 0.5) is 5.69 Å². The van der Waals surface area contributed by atoms with Crippen molar-refractivity contribution in [2.45, 2.75) is 6.92 Å². The number of ether oxygens (including phenoxy) is 1. The number of hydrogen-bond donors (Lipinski definition) is 1. The number of anilines is 1. The van der Waals surface area contributed by atoms with Crippen LogP contribution in [0, 0.1) is 6.92 Å². The highest BCUT2D eigenvalue weighted by Crippen LogP contribution is 2.11. The summed E-state index contributed by atoms with van der Waals surface area (Å²) in [4.78, 5) is 11.0. The number of hydrogen-bond acceptors (Lipinski definition) is 3. The zero-order chi connectivity index (χ0) is 9.14. The predicted octanol–water partition coefficient (Wildman–Crippen LogP) is 1.36. The standard InChI is InChI=1S/C9H11NO2/c1-6-3-7(9(11)12-2)5-8(10)4-6/h3-5H,10H2,1-2H3. The van der Waals surface area contributed by atoms with Crippen molar-refractivity contribution in [2.75, 3.05) is 12.8 Å². The Morgan fingerprint density at radius 3 is 2.58 bits per heavy atom. The van der Waals surface area contributed by atoms with Crippen LogP contribution in [-0.4, -0.2) is 13.1 Å². The largest absolute Gasteiger partial charge is 0.465 e. The third-order valence-electron chi connectivity index (χ3n) is 1.52. The molecule has 0 fully saturated rings. The number of rotatable bonds is 1. The van der Waals surface area contributed by atoms with E-state index in [0.29, 0.717) is 11.3 Å². The molecule has 1 aromatic rings. The normalized spacial score (nSPS) is 9.50. The Balaban J connectivity index is 3.08. The van der Waals surface area contributed by atoms with Gasteiger partial charge < -0.3 is 10.5 Å². The van der Waals surface area contributed by atoms with Gasteiger partial charge in [-0.25, -0.2) is 4.79 Å². The number of carbonyl (C=O) groups is 1. The van der Waals surface area contributed by atoms with Crippen LogP contribution in [0.1, 0.15) is 15.9 Å². The maximum absolute atomic E-state index is 11.0. The van der Waals surface area contributed by atoms with Gasteiger partial charge >= 0.3 is 5.97 Å². The van der Waals surface area contributed by atoms with Gasteiger partial charge in [0.1, 0.15) is 0 Å². The van der Waals surface area contributed by atoms with Crippen LogP contribution in [0.2, 0.25) is 0 Å². The van der Waals surface area contributed by atoms with Crippen LogP contribution in [-0.2, 0) is 4.74 Å². The lowest BCUT2D eigenvalue weighted by Crippen LogP contribution is -2.02. The average molecular weight is 165 g/mol. The first-order valence-corrected chi connectivity index (χ1v) is 3.59. The number of nitrogen functional groups attached to an aromatic ring is 1. The number of benzene rings is 1. The second-order valence-corrected chi connectivity index (χ2v) is 2.62. The Morgan fingerprint density at radius 2 is 2.08 bits per heavy atom. The summed E-state index contributed by atoms with van der Waals surface area (Å²) in [5, 5.41) is 0. The van der Waals surface area contributed by atoms with Gasteiger partial charge in [0.05, 0.1) is 12.7 Å². The summed E-state index contributed by atoms with van der Waals surface area (Å²) in [6.45, 7) is 1.88. The molecule has 0 spiro atoms. The van der Waals surface area contributed by atoms with Gasteiger partial charge in [-0.1, -0.05) is 0 Å². The molecule has 2 N–H and O–H groups in total. The molecule has 0 radical (unpaired) electrons. The van der Waals surface area contributed by atoms with Gasteiger partial charge in [-0.3, -0.25) is 0 Å².